The molecular weight excluding hydrogens is 264 g/mol. The molecule has 5 heteroatoms. The molecule has 1 unspecified atom stereocenters. The van der Waals surface area contributed by atoms with Crippen LogP contribution in [-0.4, -0.2) is 43.2 Å². The summed E-state index contributed by atoms with van der Waals surface area (Å²) in [6.45, 7) is 1.24. The van der Waals surface area contributed by atoms with Gasteiger partial charge in [-0.1, -0.05) is 19.3 Å². The van der Waals surface area contributed by atoms with Crippen molar-refractivity contribution in [3.63, 3.8) is 0 Å². The van der Waals surface area contributed by atoms with E-state index in [0.29, 0.717) is 18.6 Å². The van der Waals surface area contributed by atoms with Crippen LogP contribution < -0.4 is 5.73 Å². The van der Waals surface area contributed by atoms with E-state index in [9.17, 15) is 4.79 Å². The highest BCUT2D eigenvalue weighted by molar-refractivity contribution is 5.85. The smallest absolute Gasteiger partial charge is 0.242 e. The number of halogens is 1. The zero-order valence-electron chi connectivity index (χ0n) is 11.8. The lowest BCUT2D eigenvalue weighted by atomic mass is 9.89. The Kier molecular flexibility index (Phi) is 7.11. The minimum Gasteiger partial charge on any atom is -0.383 e. The number of carbonyl (C=O) groups excluding carboxylic acids is 1. The summed E-state index contributed by atoms with van der Waals surface area (Å²) in [6.07, 6.45) is 8.85. The molecule has 2 saturated carbocycles. The molecule has 1 atom stereocenters. The number of nitrogens with two attached hydrogens (primary N) is 1. The van der Waals surface area contributed by atoms with E-state index in [1.807, 2.05) is 4.90 Å². The third kappa shape index (κ3) is 4.93. The number of ether oxygens (including phenoxy) is 1. The summed E-state index contributed by atoms with van der Waals surface area (Å²) in [6, 6.07) is -0.0264. The molecule has 0 radical (unpaired) electrons. The zero-order chi connectivity index (χ0) is 13.0. The van der Waals surface area contributed by atoms with Gasteiger partial charge in [0.1, 0.15) is 6.04 Å². The van der Waals surface area contributed by atoms with Crippen LogP contribution in [0.3, 0.4) is 0 Å². The highest BCUT2D eigenvalue weighted by Crippen LogP contribution is 2.31. The van der Waals surface area contributed by atoms with Crippen LogP contribution in [0, 0.1) is 5.92 Å². The Morgan fingerprint density at radius 3 is 2.42 bits per heavy atom. The summed E-state index contributed by atoms with van der Waals surface area (Å²) in [7, 11) is 1.59. The molecule has 112 valence electrons. The van der Waals surface area contributed by atoms with Crippen LogP contribution in [0.25, 0.3) is 0 Å². The van der Waals surface area contributed by atoms with Crippen molar-refractivity contribution in [3.8, 4) is 0 Å². The van der Waals surface area contributed by atoms with E-state index in [0.717, 1.165) is 19.4 Å². The second-order valence-corrected chi connectivity index (χ2v) is 5.79. The molecule has 0 aromatic heterocycles. The average Bonchev–Trinajstić information content (AvgIpc) is 3.21. The lowest BCUT2D eigenvalue weighted by molar-refractivity contribution is -0.135. The van der Waals surface area contributed by atoms with Crippen LogP contribution in [0.5, 0.6) is 0 Å². The molecule has 2 aliphatic rings. The SMILES string of the molecule is COCC(N)C(=O)N(CC1CCCCC1)C1CC1.Cl. The topological polar surface area (TPSA) is 55.6 Å². The fourth-order valence-electron chi connectivity index (χ4n) is 2.92. The molecule has 2 N–H and O–H groups in total. The maximum atomic E-state index is 12.3. The Morgan fingerprint density at radius 2 is 1.89 bits per heavy atom. The average molecular weight is 291 g/mol. The van der Waals surface area contributed by atoms with E-state index in [4.69, 9.17) is 10.5 Å². The second-order valence-electron chi connectivity index (χ2n) is 5.79. The first kappa shape index (κ1) is 16.7. The van der Waals surface area contributed by atoms with Crippen molar-refractivity contribution in [2.75, 3.05) is 20.3 Å². The van der Waals surface area contributed by atoms with E-state index in [1.165, 1.54) is 32.1 Å². The van der Waals surface area contributed by atoms with Crippen molar-refractivity contribution in [2.45, 2.75) is 57.0 Å². The fraction of sp³-hybridized carbons (Fsp3) is 0.929. The number of methoxy groups -OCH3 is 1. The van der Waals surface area contributed by atoms with Crippen molar-refractivity contribution in [3.05, 3.63) is 0 Å². The van der Waals surface area contributed by atoms with E-state index < -0.39 is 6.04 Å². The molecule has 1 amide bonds. The van der Waals surface area contributed by atoms with E-state index in [2.05, 4.69) is 0 Å². The normalized spacial score (nSPS) is 21.6. The highest BCUT2D eigenvalue weighted by Gasteiger charge is 2.36. The Bertz CT molecular complexity index is 279. The number of nitrogens with zero attached hydrogens (tertiary/aromatic N) is 1. The van der Waals surface area contributed by atoms with Gasteiger partial charge in [0.2, 0.25) is 5.91 Å². The molecule has 4 nitrogen and oxygen atoms in total. The number of amides is 1. The van der Waals surface area contributed by atoms with E-state index >= 15 is 0 Å². The molecule has 2 fully saturated rings. The summed E-state index contributed by atoms with van der Waals surface area (Å²) in [4.78, 5) is 14.4. The lowest BCUT2D eigenvalue weighted by Crippen LogP contribution is -2.48. The molecule has 0 spiro atoms. The molecule has 0 saturated heterocycles. The minimum atomic E-state index is -0.487. The first-order valence-corrected chi connectivity index (χ1v) is 7.27. The van der Waals surface area contributed by atoms with Gasteiger partial charge in [0.05, 0.1) is 6.61 Å². The van der Waals surface area contributed by atoms with Crippen molar-refractivity contribution in [2.24, 2.45) is 11.7 Å². The van der Waals surface area contributed by atoms with Gasteiger partial charge in [-0.25, -0.2) is 0 Å². The Labute approximate surface area is 122 Å². The van der Waals surface area contributed by atoms with Crippen LogP contribution >= 0.6 is 12.4 Å². The fourth-order valence-corrected chi connectivity index (χ4v) is 2.92. The van der Waals surface area contributed by atoms with Crippen molar-refractivity contribution in [1.82, 2.24) is 4.90 Å². The lowest BCUT2D eigenvalue weighted by Gasteiger charge is -2.31. The van der Waals surface area contributed by atoms with Gasteiger partial charge in [0, 0.05) is 19.7 Å². The standard InChI is InChI=1S/C14H26N2O2.ClH/c1-18-10-13(15)14(17)16(12-7-8-12)9-11-5-3-2-4-6-11;/h11-13H,2-10,15H2,1H3;1H. The van der Waals surface area contributed by atoms with Gasteiger partial charge in [-0.05, 0) is 31.6 Å². The third-order valence-electron chi connectivity index (χ3n) is 4.11. The Hall–Kier alpha value is -0.320. The monoisotopic (exact) mass is 290 g/mol. The van der Waals surface area contributed by atoms with Crippen molar-refractivity contribution < 1.29 is 9.53 Å². The summed E-state index contributed by atoms with van der Waals surface area (Å²) < 4.78 is 4.99. The first-order valence-electron chi connectivity index (χ1n) is 7.27. The Morgan fingerprint density at radius 1 is 1.26 bits per heavy atom. The predicted octanol–water partition coefficient (Wildman–Crippen LogP) is 1.95. The molecule has 2 aliphatic carbocycles. The molecule has 0 aromatic carbocycles. The van der Waals surface area contributed by atoms with Gasteiger partial charge >= 0.3 is 0 Å². The Balaban J connectivity index is 0.00000180. The summed E-state index contributed by atoms with van der Waals surface area (Å²) in [5, 5.41) is 0. The third-order valence-corrected chi connectivity index (χ3v) is 4.11. The largest absolute Gasteiger partial charge is 0.383 e. The molecule has 0 bridgehead atoms. The summed E-state index contributed by atoms with van der Waals surface area (Å²) >= 11 is 0. The number of hydrogen-bond acceptors (Lipinski definition) is 3. The van der Waals surface area contributed by atoms with Crippen LogP contribution in [0.1, 0.15) is 44.9 Å². The second kappa shape index (κ2) is 8.08. The maximum Gasteiger partial charge on any atom is 0.242 e. The van der Waals surface area contributed by atoms with Crippen LogP contribution in [0.4, 0.5) is 0 Å². The minimum absolute atomic E-state index is 0. The van der Waals surface area contributed by atoms with E-state index in [1.54, 1.807) is 7.11 Å². The van der Waals surface area contributed by atoms with E-state index in [-0.39, 0.29) is 18.3 Å². The summed E-state index contributed by atoms with van der Waals surface area (Å²) in [5.41, 5.74) is 5.88. The van der Waals surface area contributed by atoms with Crippen LogP contribution in [-0.2, 0) is 9.53 Å². The predicted molar refractivity (Wildman–Crippen MR) is 78.4 cm³/mol. The molecule has 2 rings (SSSR count). The van der Waals surface area contributed by atoms with Crippen LogP contribution in [0.15, 0.2) is 0 Å². The number of rotatable bonds is 6. The van der Waals surface area contributed by atoms with Crippen molar-refractivity contribution in [1.29, 1.82) is 0 Å². The molecule has 19 heavy (non-hydrogen) atoms. The van der Waals surface area contributed by atoms with Gasteiger partial charge < -0.3 is 15.4 Å². The van der Waals surface area contributed by atoms with Crippen LogP contribution in [0.2, 0.25) is 0 Å². The van der Waals surface area contributed by atoms with Gasteiger partial charge in [-0.15, -0.1) is 12.4 Å². The molecular formula is C14H27ClN2O2. The van der Waals surface area contributed by atoms with Gasteiger partial charge in [-0.3, -0.25) is 4.79 Å². The maximum absolute atomic E-state index is 12.3. The summed E-state index contributed by atoms with van der Waals surface area (Å²) in [5.74, 6) is 0.781. The zero-order valence-corrected chi connectivity index (χ0v) is 12.7. The van der Waals surface area contributed by atoms with Gasteiger partial charge in [-0.2, -0.15) is 0 Å². The molecule has 0 heterocycles. The molecule has 0 aliphatic heterocycles. The quantitative estimate of drug-likeness (QED) is 0.813. The van der Waals surface area contributed by atoms with Crippen molar-refractivity contribution >= 4 is 18.3 Å². The van der Waals surface area contributed by atoms with Gasteiger partial charge in [0.25, 0.3) is 0 Å². The van der Waals surface area contributed by atoms with Gasteiger partial charge in [0.15, 0.2) is 0 Å². The first-order chi connectivity index (χ1) is 8.72. The number of hydrogen-bond donors (Lipinski definition) is 1. The number of carbonyl (C=O) groups is 1. The molecule has 0 aromatic rings. The highest BCUT2D eigenvalue weighted by atomic mass is 35.5.